The molecule has 0 radical (unpaired) electrons. The summed E-state index contributed by atoms with van der Waals surface area (Å²) in [7, 11) is 0. The minimum atomic E-state index is -0.204. The van der Waals surface area contributed by atoms with Gasteiger partial charge in [0, 0.05) is 27.7 Å². The molecule has 0 fully saturated rings. The average molecular weight is 342 g/mol. The van der Waals surface area contributed by atoms with Gasteiger partial charge in [0.05, 0.1) is 4.70 Å². The Bertz CT molecular complexity index is 1140. The van der Waals surface area contributed by atoms with Crippen LogP contribution in [0.5, 0.6) is 0 Å². The molecule has 1 aliphatic rings. The number of Topliss-reactive ketones (excluding diaryl/α,β-unsaturated/α-hetero) is 1. The first kappa shape index (κ1) is 15.1. The maximum atomic E-state index is 12.8. The van der Waals surface area contributed by atoms with Crippen LogP contribution in [-0.2, 0) is 0 Å². The van der Waals surface area contributed by atoms with Crippen molar-refractivity contribution in [3.05, 3.63) is 69.3 Å². The number of carbonyl (C=O) groups excluding carboxylic acids is 1. The van der Waals surface area contributed by atoms with E-state index >= 15 is 0 Å². The molecule has 0 saturated heterocycles. The van der Waals surface area contributed by atoms with E-state index in [-0.39, 0.29) is 11.4 Å². The molecule has 0 bridgehead atoms. The normalized spacial score (nSPS) is 14.6. The molecule has 0 unspecified atom stereocenters. The molecule has 2 aromatic heterocycles. The monoisotopic (exact) mass is 342 g/mol. The van der Waals surface area contributed by atoms with Crippen molar-refractivity contribution >= 4 is 39.1 Å². The molecule has 0 spiro atoms. The average Bonchev–Trinajstić information content (AvgIpc) is 3.21. The molecule has 0 aliphatic heterocycles. The molecule has 0 atom stereocenters. The van der Waals surface area contributed by atoms with E-state index in [1.54, 1.807) is 41.7 Å². The second kappa shape index (κ2) is 5.59. The number of nitriles is 2. The molecule has 4 nitrogen and oxygen atoms in total. The summed E-state index contributed by atoms with van der Waals surface area (Å²) in [5.74, 6) is 0.328. The lowest BCUT2D eigenvalue weighted by molar-refractivity contribution is 0.104. The van der Waals surface area contributed by atoms with E-state index in [1.807, 2.05) is 31.2 Å². The van der Waals surface area contributed by atoms with E-state index in [2.05, 4.69) is 0 Å². The highest BCUT2D eigenvalue weighted by Gasteiger charge is 2.32. The van der Waals surface area contributed by atoms with Gasteiger partial charge in [-0.3, -0.25) is 4.79 Å². The van der Waals surface area contributed by atoms with Gasteiger partial charge in [-0.25, -0.2) is 0 Å². The quantitative estimate of drug-likeness (QED) is 0.466. The smallest absolute Gasteiger partial charge is 0.194 e. The lowest BCUT2D eigenvalue weighted by Gasteiger charge is -2.00. The van der Waals surface area contributed by atoms with Crippen LogP contribution >= 0.6 is 11.3 Å². The van der Waals surface area contributed by atoms with Crippen molar-refractivity contribution in [1.82, 2.24) is 0 Å². The molecule has 118 valence electrons. The summed E-state index contributed by atoms with van der Waals surface area (Å²) in [5.41, 5.74) is 2.49. The Labute approximate surface area is 147 Å². The molecule has 4 rings (SSSR count). The maximum absolute atomic E-state index is 12.8. The summed E-state index contributed by atoms with van der Waals surface area (Å²) in [4.78, 5) is 13.9. The third-order valence-corrected chi connectivity index (χ3v) is 5.04. The summed E-state index contributed by atoms with van der Waals surface area (Å²) in [6.07, 6.45) is 1.62. The van der Waals surface area contributed by atoms with E-state index in [0.29, 0.717) is 28.0 Å². The minimum Gasteiger partial charge on any atom is -0.456 e. The first-order valence-electron chi connectivity index (χ1n) is 7.53. The van der Waals surface area contributed by atoms with Crippen LogP contribution in [0, 0.1) is 29.6 Å². The fourth-order valence-corrected chi connectivity index (χ4v) is 3.92. The predicted octanol–water partition coefficient (Wildman–Crippen LogP) is 4.88. The number of aryl methyl sites for hydroxylation is 1. The number of furan rings is 1. The third kappa shape index (κ3) is 2.30. The van der Waals surface area contributed by atoms with Crippen molar-refractivity contribution in [3.63, 3.8) is 0 Å². The van der Waals surface area contributed by atoms with Gasteiger partial charge in [0.1, 0.15) is 29.1 Å². The molecule has 0 N–H and O–H groups in total. The van der Waals surface area contributed by atoms with Crippen molar-refractivity contribution in [3.8, 4) is 12.1 Å². The van der Waals surface area contributed by atoms with Crippen LogP contribution < -0.4 is 0 Å². The van der Waals surface area contributed by atoms with E-state index < -0.39 is 0 Å². The largest absolute Gasteiger partial charge is 0.456 e. The first-order valence-corrected chi connectivity index (χ1v) is 8.34. The fourth-order valence-electron chi connectivity index (χ4n) is 3.03. The summed E-state index contributed by atoms with van der Waals surface area (Å²) >= 11 is 1.61. The molecule has 0 saturated carbocycles. The summed E-state index contributed by atoms with van der Waals surface area (Å²) in [6.45, 7) is 2.00. The van der Waals surface area contributed by atoms with Crippen LogP contribution in [0.4, 0.5) is 0 Å². The van der Waals surface area contributed by atoms with Gasteiger partial charge in [-0.1, -0.05) is 24.3 Å². The standard InChI is InChI=1S/C20H10N2O2S/c1-11-6-17-18(25-11)8-13(24-17)7-16-19(12(9-21)10-22)14-4-2-3-5-15(14)20(16)23/h2-8H,1H3/b16-7-. The number of hydrogen-bond donors (Lipinski definition) is 0. The molecule has 25 heavy (non-hydrogen) atoms. The topological polar surface area (TPSA) is 77.8 Å². The van der Waals surface area contributed by atoms with E-state index in [1.165, 1.54) is 0 Å². The first-order chi connectivity index (χ1) is 12.1. The Morgan fingerprint density at radius 2 is 1.88 bits per heavy atom. The van der Waals surface area contributed by atoms with Gasteiger partial charge >= 0.3 is 0 Å². The van der Waals surface area contributed by atoms with Gasteiger partial charge in [-0.15, -0.1) is 11.3 Å². The summed E-state index contributed by atoms with van der Waals surface area (Å²) in [6, 6.07) is 14.6. The molecular formula is C20H10N2O2S. The highest BCUT2D eigenvalue weighted by atomic mass is 32.1. The number of allylic oxidation sites excluding steroid dienone is 3. The predicted molar refractivity (Wildman–Crippen MR) is 95.7 cm³/mol. The zero-order valence-electron chi connectivity index (χ0n) is 13.2. The number of ketones is 1. The highest BCUT2D eigenvalue weighted by Crippen LogP contribution is 2.40. The van der Waals surface area contributed by atoms with Crippen molar-refractivity contribution in [1.29, 1.82) is 10.5 Å². The van der Waals surface area contributed by atoms with Gasteiger partial charge in [0.15, 0.2) is 5.78 Å². The van der Waals surface area contributed by atoms with Crippen molar-refractivity contribution in [2.75, 3.05) is 0 Å². The van der Waals surface area contributed by atoms with E-state index in [4.69, 9.17) is 4.42 Å². The maximum Gasteiger partial charge on any atom is 0.194 e. The van der Waals surface area contributed by atoms with E-state index in [9.17, 15) is 15.3 Å². The SMILES string of the molecule is Cc1cc2oc(/C=C3\C(=O)c4ccccc4C3=C(C#N)C#N)cc2s1. The Morgan fingerprint density at radius 3 is 2.56 bits per heavy atom. The number of hydrogen-bond acceptors (Lipinski definition) is 5. The minimum absolute atomic E-state index is 0.0752. The lowest BCUT2D eigenvalue weighted by Crippen LogP contribution is -1.95. The molecule has 1 aliphatic carbocycles. The van der Waals surface area contributed by atoms with Crippen LogP contribution in [-0.4, -0.2) is 5.78 Å². The van der Waals surface area contributed by atoms with Crippen LogP contribution in [0.3, 0.4) is 0 Å². The van der Waals surface area contributed by atoms with Crippen molar-refractivity contribution in [2.45, 2.75) is 6.92 Å². The van der Waals surface area contributed by atoms with Crippen molar-refractivity contribution in [2.24, 2.45) is 0 Å². The third-order valence-electron chi connectivity index (χ3n) is 4.06. The van der Waals surface area contributed by atoms with Crippen LogP contribution in [0.25, 0.3) is 21.9 Å². The van der Waals surface area contributed by atoms with Crippen LogP contribution in [0.2, 0.25) is 0 Å². The van der Waals surface area contributed by atoms with Crippen LogP contribution in [0.1, 0.15) is 26.6 Å². The zero-order valence-corrected chi connectivity index (χ0v) is 14.0. The molecule has 0 amide bonds. The van der Waals surface area contributed by atoms with Gasteiger partial charge < -0.3 is 4.42 Å². The number of rotatable bonds is 1. The molecule has 3 aromatic rings. The number of nitrogens with zero attached hydrogens (tertiary/aromatic N) is 2. The van der Waals surface area contributed by atoms with Crippen molar-refractivity contribution < 1.29 is 9.21 Å². The number of carbonyl (C=O) groups is 1. The lowest BCUT2D eigenvalue weighted by atomic mass is 9.99. The second-order valence-corrected chi connectivity index (χ2v) is 6.93. The fraction of sp³-hybridized carbons (Fsp3) is 0.0500. The highest BCUT2D eigenvalue weighted by molar-refractivity contribution is 7.18. The number of benzene rings is 1. The zero-order chi connectivity index (χ0) is 17.6. The van der Waals surface area contributed by atoms with E-state index in [0.717, 1.165) is 15.2 Å². The van der Waals surface area contributed by atoms with Gasteiger partial charge in [-0.05, 0) is 24.6 Å². The molecular weight excluding hydrogens is 332 g/mol. The van der Waals surface area contributed by atoms with Gasteiger partial charge in [0.25, 0.3) is 0 Å². The Hall–Kier alpha value is -3.41. The number of thiophene rings is 1. The Morgan fingerprint density at radius 1 is 1.16 bits per heavy atom. The second-order valence-electron chi connectivity index (χ2n) is 5.64. The number of fused-ring (bicyclic) bond motifs is 2. The molecule has 1 aromatic carbocycles. The van der Waals surface area contributed by atoms with Crippen LogP contribution in [0.15, 0.2) is 52.0 Å². The summed E-state index contributed by atoms with van der Waals surface area (Å²) in [5, 5.41) is 18.6. The Kier molecular flexibility index (Phi) is 3.39. The summed E-state index contributed by atoms with van der Waals surface area (Å²) < 4.78 is 6.79. The Balaban J connectivity index is 1.95. The van der Waals surface area contributed by atoms with Gasteiger partial charge in [0.2, 0.25) is 0 Å². The molecule has 5 heteroatoms. The van der Waals surface area contributed by atoms with Gasteiger partial charge in [-0.2, -0.15) is 10.5 Å². The molecule has 2 heterocycles.